The smallest absolute Gasteiger partial charge is 0.270 e. The van der Waals surface area contributed by atoms with Crippen LogP contribution in [0.25, 0.3) is 0 Å². The number of rotatable bonds is 6. The van der Waals surface area contributed by atoms with E-state index in [0.717, 1.165) is 0 Å². The number of H-pyrrole nitrogens is 1. The van der Waals surface area contributed by atoms with Gasteiger partial charge in [-0.15, -0.1) is 0 Å². The number of nitrogen functional groups attached to an aromatic ring is 1. The van der Waals surface area contributed by atoms with E-state index in [1.54, 1.807) is 0 Å². The maximum atomic E-state index is 10.7. The molecular weight excluding hydrogens is 298 g/mol. The molecule has 0 aliphatic carbocycles. The fourth-order valence-corrected chi connectivity index (χ4v) is 2.08. The third-order valence-corrected chi connectivity index (χ3v) is 3.23. The number of non-ortho nitro benzene ring substituents is 1. The number of nitrogens with two attached hydrogens (primary N) is 1. The Hall–Kier alpha value is -3.59. The van der Waals surface area contributed by atoms with Gasteiger partial charge >= 0.3 is 0 Å². The molecule has 23 heavy (non-hydrogen) atoms. The molecule has 9 nitrogen and oxygen atoms in total. The molecule has 0 fully saturated rings. The molecule has 0 bridgehead atoms. The minimum Gasteiger partial charge on any atom is -0.384 e. The van der Waals surface area contributed by atoms with Crippen LogP contribution in [0.15, 0.2) is 18.2 Å². The van der Waals surface area contributed by atoms with Crippen molar-refractivity contribution in [3.63, 3.8) is 0 Å². The fourth-order valence-electron chi connectivity index (χ4n) is 2.08. The van der Waals surface area contributed by atoms with Gasteiger partial charge in [-0.1, -0.05) is 0 Å². The average Bonchev–Trinajstić information content (AvgIpc) is 2.91. The fraction of sp³-hybridized carbons (Fsp3) is 0.214. The van der Waals surface area contributed by atoms with Crippen molar-refractivity contribution in [2.45, 2.75) is 12.8 Å². The predicted molar refractivity (Wildman–Crippen MR) is 82.3 cm³/mol. The van der Waals surface area contributed by atoms with Crippen molar-refractivity contribution >= 4 is 17.2 Å². The van der Waals surface area contributed by atoms with Crippen LogP contribution in [-0.4, -0.2) is 21.7 Å². The molecule has 9 heteroatoms. The molecule has 0 aliphatic heterocycles. The van der Waals surface area contributed by atoms with E-state index in [9.17, 15) is 10.1 Å². The normalized spacial score (nSPS) is 9.83. The molecule has 0 unspecified atom stereocenters. The first-order valence-corrected chi connectivity index (χ1v) is 6.72. The number of nitro benzene ring substituents is 1. The van der Waals surface area contributed by atoms with Gasteiger partial charge in [-0.25, -0.2) is 0 Å². The van der Waals surface area contributed by atoms with Crippen LogP contribution < -0.4 is 11.1 Å². The summed E-state index contributed by atoms with van der Waals surface area (Å²) in [6, 6.07) is 7.99. The number of aromatic amines is 1. The average molecular weight is 311 g/mol. The third-order valence-electron chi connectivity index (χ3n) is 3.23. The Labute approximate surface area is 131 Å². The first kappa shape index (κ1) is 15.8. The Kier molecular flexibility index (Phi) is 4.75. The van der Waals surface area contributed by atoms with Crippen LogP contribution in [0.5, 0.6) is 0 Å². The van der Waals surface area contributed by atoms with Crippen LogP contribution in [0.1, 0.15) is 23.2 Å². The van der Waals surface area contributed by atoms with Crippen LogP contribution >= 0.6 is 0 Å². The zero-order valence-electron chi connectivity index (χ0n) is 12.0. The van der Waals surface area contributed by atoms with Crippen LogP contribution in [0.4, 0.5) is 17.2 Å². The minimum atomic E-state index is -0.545. The lowest BCUT2D eigenvalue weighted by Gasteiger charge is -2.07. The van der Waals surface area contributed by atoms with E-state index in [2.05, 4.69) is 15.5 Å². The summed E-state index contributed by atoms with van der Waals surface area (Å²) in [6.45, 7) is 0.524. The van der Waals surface area contributed by atoms with Crippen LogP contribution in [0.2, 0.25) is 0 Å². The van der Waals surface area contributed by atoms with Crippen LogP contribution in [0, 0.1) is 32.8 Å². The van der Waals surface area contributed by atoms with Crippen LogP contribution in [-0.2, 0) is 6.42 Å². The second-order valence-corrected chi connectivity index (χ2v) is 4.70. The van der Waals surface area contributed by atoms with E-state index in [0.29, 0.717) is 36.3 Å². The second-order valence-electron chi connectivity index (χ2n) is 4.70. The topological polar surface area (TPSA) is 157 Å². The molecule has 1 heterocycles. The lowest BCUT2D eigenvalue weighted by atomic mass is 10.1. The molecule has 0 spiro atoms. The van der Waals surface area contributed by atoms with Crippen molar-refractivity contribution in [1.29, 1.82) is 10.5 Å². The van der Waals surface area contributed by atoms with Crippen molar-refractivity contribution < 1.29 is 4.92 Å². The molecule has 1 aromatic carbocycles. The molecule has 0 atom stereocenters. The van der Waals surface area contributed by atoms with Crippen molar-refractivity contribution in [2.24, 2.45) is 0 Å². The number of hydrogen-bond acceptors (Lipinski definition) is 7. The van der Waals surface area contributed by atoms with Gasteiger partial charge in [0.2, 0.25) is 0 Å². The molecule has 0 aliphatic rings. The molecule has 0 amide bonds. The van der Waals surface area contributed by atoms with Gasteiger partial charge in [-0.05, 0) is 18.9 Å². The van der Waals surface area contributed by atoms with Gasteiger partial charge in [-0.3, -0.25) is 15.2 Å². The summed E-state index contributed by atoms with van der Waals surface area (Å²) in [4.78, 5) is 10.1. The summed E-state index contributed by atoms with van der Waals surface area (Å²) in [5.74, 6) is 0.178. The molecule has 1 aromatic heterocycles. The number of anilines is 2. The van der Waals surface area contributed by atoms with Crippen molar-refractivity contribution in [3.05, 3.63) is 45.1 Å². The highest BCUT2D eigenvalue weighted by Crippen LogP contribution is 2.21. The van der Waals surface area contributed by atoms with Gasteiger partial charge in [0.05, 0.1) is 21.9 Å². The lowest BCUT2D eigenvalue weighted by Crippen LogP contribution is -2.05. The van der Waals surface area contributed by atoms with Gasteiger partial charge in [0, 0.05) is 18.7 Å². The van der Waals surface area contributed by atoms with E-state index >= 15 is 0 Å². The first-order valence-electron chi connectivity index (χ1n) is 6.72. The van der Waals surface area contributed by atoms with Gasteiger partial charge in [-0.2, -0.15) is 15.6 Å². The quantitative estimate of drug-likeness (QED) is 0.416. The molecule has 0 saturated carbocycles. The highest BCUT2D eigenvalue weighted by atomic mass is 16.6. The SMILES string of the molecule is N#Cc1cc([N+](=O)[O-])ccc1NCCCc1[nH]nc(N)c1C#N. The van der Waals surface area contributed by atoms with Gasteiger partial charge in [0.15, 0.2) is 5.82 Å². The number of aromatic nitrogens is 2. The number of nitriles is 2. The maximum Gasteiger partial charge on any atom is 0.270 e. The summed E-state index contributed by atoms with van der Waals surface area (Å²) >= 11 is 0. The summed E-state index contributed by atoms with van der Waals surface area (Å²) < 4.78 is 0. The van der Waals surface area contributed by atoms with Crippen molar-refractivity contribution in [2.75, 3.05) is 17.6 Å². The summed E-state index contributed by atoms with van der Waals surface area (Å²) in [6.07, 6.45) is 1.23. The van der Waals surface area contributed by atoms with E-state index in [-0.39, 0.29) is 17.1 Å². The minimum absolute atomic E-state index is 0.126. The van der Waals surface area contributed by atoms with E-state index < -0.39 is 4.92 Å². The largest absolute Gasteiger partial charge is 0.384 e. The van der Waals surface area contributed by atoms with E-state index in [1.807, 2.05) is 12.1 Å². The Morgan fingerprint density at radius 1 is 1.39 bits per heavy atom. The monoisotopic (exact) mass is 311 g/mol. The maximum absolute atomic E-state index is 10.7. The first-order chi connectivity index (χ1) is 11.1. The summed E-state index contributed by atoms with van der Waals surface area (Å²) in [7, 11) is 0. The van der Waals surface area contributed by atoms with Gasteiger partial charge in [0.1, 0.15) is 17.7 Å². The molecule has 0 radical (unpaired) electrons. The van der Waals surface area contributed by atoms with Gasteiger partial charge in [0.25, 0.3) is 5.69 Å². The number of nitrogens with one attached hydrogen (secondary N) is 2. The number of nitrogens with zero attached hydrogens (tertiary/aromatic N) is 4. The molecule has 2 aromatic rings. The highest BCUT2D eigenvalue weighted by Gasteiger charge is 2.11. The summed E-state index contributed by atoms with van der Waals surface area (Å²) in [5, 5.41) is 38.3. The van der Waals surface area contributed by atoms with E-state index in [1.165, 1.54) is 18.2 Å². The zero-order valence-corrected chi connectivity index (χ0v) is 12.0. The van der Waals surface area contributed by atoms with Crippen LogP contribution in [0.3, 0.4) is 0 Å². The number of aryl methyl sites for hydroxylation is 1. The Morgan fingerprint density at radius 2 is 2.17 bits per heavy atom. The summed E-state index contributed by atoms with van der Waals surface area (Å²) in [5.41, 5.74) is 7.18. The third kappa shape index (κ3) is 3.54. The predicted octanol–water partition coefficient (Wildman–Crippen LogP) is 1.69. The molecular formula is C14H13N7O2. The molecule has 116 valence electrons. The molecule has 4 N–H and O–H groups in total. The highest BCUT2D eigenvalue weighted by molar-refractivity contribution is 5.61. The lowest BCUT2D eigenvalue weighted by molar-refractivity contribution is -0.384. The van der Waals surface area contributed by atoms with E-state index in [4.69, 9.17) is 16.3 Å². The molecule has 2 rings (SSSR count). The second kappa shape index (κ2) is 6.91. The Balaban J connectivity index is 1.95. The zero-order chi connectivity index (χ0) is 16.8. The van der Waals surface area contributed by atoms with Crippen molar-refractivity contribution in [1.82, 2.24) is 10.2 Å². The Morgan fingerprint density at radius 3 is 2.83 bits per heavy atom. The van der Waals surface area contributed by atoms with Gasteiger partial charge < -0.3 is 11.1 Å². The number of benzene rings is 1. The Bertz CT molecular complexity index is 814. The number of nitro groups is 1. The number of hydrogen-bond donors (Lipinski definition) is 3. The molecule has 0 saturated heterocycles. The van der Waals surface area contributed by atoms with Crippen molar-refractivity contribution in [3.8, 4) is 12.1 Å². The standard InChI is InChI=1S/C14H13N7O2/c15-7-9-6-10(21(22)23)3-4-12(9)18-5-1-2-13-11(8-16)14(17)20-19-13/h3-4,6,18H,1-2,5H2,(H3,17,19,20).